The van der Waals surface area contributed by atoms with Crippen LogP contribution in [0.15, 0.2) is 162 Å². The zero-order chi connectivity index (χ0) is 32.3. The van der Waals surface area contributed by atoms with Crippen molar-refractivity contribution in [2.45, 2.75) is 30.1 Å². The Morgan fingerprint density at radius 2 is 1.24 bits per heavy atom. The average Bonchev–Trinajstić information content (AvgIpc) is 3.57. The van der Waals surface area contributed by atoms with Crippen LogP contribution in [0.2, 0.25) is 0 Å². The van der Waals surface area contributed by atoms with Gasteiger partial charge in [-0.1, -0.05) is 145 Å². The van der Waals surface area contributed by atoms with E-state index in [0.29, 0.717) is 5.92 Å². The number of thioether (sulfide) groups is 1. The molecule has 0 fully saturated rings. The van der Waals surface area contributed by atoms with E-state index in [1.807, 2.05) is 18.0 Å². The summed E-state index contributed by atoms with van der Waals surface area (Å²) in [6.45, 7) is 0. The van der Waals surface area contributed by atoms with Gasteiger partial charge in [-0.15, -0.1) is 0 Å². The Hall–Kier alpha value is -5.51. The number of hydrogen-bond donors (Lipinski definition) is 0. The van der Waals surface area contributed by atoms with Crippen LogP contribution in [0.4, 0.5) is 0 Å². The molecule has 2 aliphatic carbocycles. The molecule has 0 N–H and O–H groups in total. The Kier molecular flexibility index (Phi) is 6.73. The molecule has 3 heteroatoms. The van der Waals surface area contributed by atoms with Crippen LogP contribution in [0.3, 0.4) is 0 Å². The normalized spacial score (nSPS) is 16.9. The van der Waals surface area contributed by atoms with E-state index in [2.05, 4.69) is 146 Å². The quantitative estimate of drug-likeness (QED) is 0.178. The molecule has 2 nitrogen and oxygen atoms in total. The molecule has 0 radical (unpaired) electrons. The lowest BCUT2D eigenvalue weighted by atomic mass is 9.86. The number of fused-ring (bicyclic) bond motifs is 9. The number of nitrogens with zero attached hydrogens (tertiary/aromatic N) is 2. The van der Waals surface area contributed by atoms with Crippen LogP contribution in [-0.4, -0.2) is 9.97 Å². The number of hydrogen-bond acceptors (Lipinski definition) is 3. The van der Waals surface area contributed by atoms with E-state index in [4.69, 9.17) is 9.97 Å². The lowest BCUT2D eigenvalue weighted by Crippen LogP contribution is -2.01. The second-order valence-corrected chi connectivity index (χ2v) is 14.3. The van der Waals surface area contributed by atoms with Crippen molar-refractivity contribution in [3.63, 3.8) is 0 Å². The SMILES string of the molecule is C1=CC(c2cccc(-c3ccc(C4=CC=C(c5cnc6c7ccccc7c7ccccc7c6n5)CC4)cc3)c2)=C2Sc3ccccc3C2C1. The third kappa shape index (κ3) is 4.80. The predicted molar refractivity (Wildman–Crippen MR) is 207 cm³/mol. The van der Waals surface area contributed by atoms with Crippen LogP contribution in [-0.2, 0) is 0 Å². The molecule has 6 aromatic carbocycles. The van der Waals surface area contributed by atoms with Crippen LogP contribution in [0.5, 0.6) is 0 Å². The summed E-state index contributed by atoms with van der Waals surface area (Å²) in [5.74, 6) is 0.482. The molecule has 1 atom stereocenters. The van der Waals surface area contributed by atoms with E-state index in [-0.39, 0.29) is 0 Å². The molecule has 3 aliphatic rings. The van der Waals surface area contributed by atoms with Gasteiger partial charge in [-0.2, -0.15) is 0 Å². The summed E-state index contributed by atoms with van der Waals surface area (Å²) in [5.41, 5.74) is 13.4. The third-order valence-electron chi connectivity index (χ3n) is 10.4. The van der Waals surface area contributed by atoms with Gasteiger partial charge in [-0.3, -0.25) is 4.98 Å². The Bertz CT molecular complexity index is 2570. The molecule has 1 aromatic heterocycles. The van der Waals surface area contributed by atoms with Crippen molar-refractivity contribution in [3.8, 4) is 11.1 Å². The van der Waals surface area contributed by atoms with E-state index in [1.165, 1.54) is 65.1 Å². The largest absolute Gasteiger partial charge is 0.252 e. The molecule has 1 aliphatic heterocycles. The molecule has 0 spiro atoms. The molecule has 0 saturated heterocycles. The Labute approximate surface area is 290 Å². The maximum absolute atomic E-state index is 5.22. The summed E-state index contributed by atoms with van der Waals surface area (Å²) in [4.78, 5) is 13.1. The van der Waals surface area contributed by atoms with E-state index in [1.54, 1.807) is 0 Å². The van der Waals surface area contributed by atoms with Gasteiger partial charge in [-0.05, 0) is 86.7 Å². The highest BCUT2D eigenvalue weighted by Crippen LogP contribution is 2.54. The van der Waals surface area contributed by atoms with Gasteiger partial charge in [0.2, 0.25) is 0 Å². The van der Waals surface area contributed by atoms with Gasteiger partial charge >= 0.3 is 0 Å². The highest BCUT2D eigenvalue weighted by molar-refractivity contribution is 8.03. The van der Waals surface area contributed by atoms with Gasteiger partial charge in [0, 0.05) is 26.5 Å². The average molecular weight is 645 g/mol. The molecular formula is C46H32N2S. The van der Waals surface area contributed by atoms with Gasteiger partial charge in [0.1, 0.15) is 0 Å². The van der Waals surface area contributed by atoms with Crippen molar-refractivity contribution in [2.24, 2.45) is 0 Å². The van der Waals surface area contributed by atoms with E-state index < -0.39 is 0 Å². The molecule has 10 rings (SSSR count). The summed E-state index contributed by atoms with van der Waals surface area (Å²) in [7, 11) is 0. The van der Waals surface area contributed by atoms with Crippen LogP contribution < -0.4 is 0 Å². The first-order valence-corrected chi connectivity index (χ1v) is 18.0. The van der Waals surface area contributed by atoms with Gasteiger partial charge < -0.3 is 0 Å². The number of benzene rings is 6. The number of allylic oxidation sites excluding steroid dienone is 8. The van der Waals surface area contributed by atoms with E-state index in [0.717, 1.165) is 46.8 Å². The smallest absolute Gasteiger partial charge is 0.0979 e. The lowest BCUT2D eigenvalue weighted by Gasteiger charge is -2.19. The molecule has 0 amide bonds. The molecule has 0 bridgehead atoms. The van der Waals surface area contributed by atoms with Crippen molar-refractivity contribution in [1.82, 2.24) is 9.97 Å². The monoisotopic (exact) mass is 644 g/mol. The van der Waals surface area contributed by atoms with Crippen molar-refractivity contribution in [3.05, 3.63) is 179 Å². The second kappa shape index (κ2) is 11.6. The first-order chi connectivity index (χ1) is 24.3. The van der Waals surface area contributed by atoms with Gasteiger partial charge in [0.05, 0.1) is 22.9 Å². The molecule has 232 valence electrons. The first-order valence-electron chi connectivity index (χ1n) is 17.1. The minimum absolute atomic E-state index is 0.482. The minimum atomic E-state index is 0.482. The predicted octanol–water partition coefficient (Wildman–Crippen LogP) is 12.4. The topological polar surface area (TPSA) is 25.8 Å². The molecule has 7 aromatic rings. The number of aromatic nitrogens is 2. The third-order valence-corrected chi connectivity index (χ3v) is 11.7. The van der Waals surface area contributed by atoms with Crippen LogP contribution >= 0.6 is 11.8 Å². The van der Waals surface area contributed by atoms with Crippen LogP contribution in [0.1, 0.15) is 47.6 Å². The summed E-state index contributed by atoms with van der Waals surface area (Å²) >= 11 is 1.95. The van der Waals surface area contributed by atoms with Crippen molar-refractivity contribution in [1.29, 1.82) is 0 Å². The fourth-order valence-corrected chi connectivity index (χ4v) is 9.30. The minimum Gasteiger partial charge on any atom is -0.252 e. The second-order valence-electron chi connectivity index (χ2n) is 13.2. The zero-order valence-corrected chi connectivity index (χ0v) is 27.8. The van der Waals surface area contributed by atoms with Crippen molar-refractivity contribution >= 4 is 61.1 Å². The molecule has 2 heterocycles. The Balaban J connectivity index is 0.932. The molecule has 49 heavy (non-hydrogen) atoms. The Morgan fingerprint density at radius 1 is 0.571 bits per heavy atom. The molecule has 1 unspecified atom stereocenters. The zero-order valence-electron chi connectivity index (χ0n) is 26.9. The van der Waals surface area contributed by atoms with Gasteiger partial charge in [0.15, 0.2) is 0 Å². The summed E-state index contributed by atoms with van der Waals surface area (Å²) in [5, 5.41) is 4.76. The lowest BCUT2D eigenvalue weighted by molar-refractivity contribution is 0.841. The van der Waals surface area contributed by atoms with Crippen LogP contribution in [0.25, 0.3) is 60.4 Å². The summed E-state index contributed by atoms with van der Waals surface area (Å²) < 4.78 is 0. The first kappa shape index (κ1) is 28.5. The van der Waals surface area contributed by atoms with Crippen LogP contribution in [0, 0.1) is 0 Å². The number of rotatable bonds is 4. The summed E-state index contributed by atoms with van der Waals surface area (Å²) in [6.07, 6.45) is 14.2. The fraction of sp³-hybridized carbons (Fsp3) is 0.0870. The van der Waals surface area contributed by atoms with E-state index >= 15 is 0 Å². The molecule has 0 saturated carbocycles. The summed E-state index contributed by atoms with van der Waals surface area (Å²) in [6, 6.07) is 44.1. The Morgan fingerprint density at radius 3 is 2.04 bits per heavy atom. The highest BCUT2D eigenvalue weighted by atomic mass is 32.2. The molecular weight excluding hydrogens is 613 g/mol. The fourth-order valence-electron chi connectivity index (χ4n) is 7.92. The standard InChI is InChI=1S/C46H32N2S/c1-3-14-39-36(11-1)37-12-2-4-15-40(37)45-44(39)47-28-42(48-45)32-25-23-30(24-26-32)29-19-21-31(22-20-29)33-9-7-10-34(27-33)35-16-8-17-41-38-13-5-6-18-43(38)49-46(35)41/h1-16,18-23,25,27-28,41H,17,24,26H2. The maximum Gasteiger partial charge on any atom is 0.0979 e. The highest BCUT2D eigenvalue weighted by Gasteiger charge is 2.31. The van der Waals surface area contributed by atoms with Crippen molar-refractivity contribution < 1.29 is 0 Å². The maximum atomic E-state index is 5.22. The van der Waals surface area contributed by atoms with Crippen molar-refractivity contribution in [2.75, 3.05) is 0 Å². The van der Waals surface area contributed by atoms with Gasteiger partial charge in [-0.25, -0.2) is 4.98 Å². The van der Waals surface area contributed by atoms with Gasteiger partial charge in [0.25, 0.3) is 0 Å². The van der Waals surface area contributed by atoms with E-state index in [9.17, 15) is 0 Å².